The number of nitrogens with zero attached hydrogens (tertiary/aromatic N) is 1. The minimum absolute atomic E-state index is 0.0381. The second-order valence-electron chi connectivity index (χ2n) is 4.23. The van der Waals surface area contributed by atoms with Gasteiger partial charge in [-0.3, -0.25) is 4.79 Å². The summed E-state index contributed by atoms with van der Waals surface area (Å²) in [7, 11) is 5.34. The van der Waals surface area contributed by atoms with E-state index < -0.39 is 0 Å². The van der Waals surface area contributed by atoms with Crippen LogP contribution in [0.3, 0.4) is 0 Å². The Morgan fingerprint density at radius 2 is 1.94 bits per heavy atom. The molecule has 0 aromatic heterocycles. The van der Waals surface area contributed by atoms with Crippen molar-refractivity contribution in [1.29, 1.82) is 0 Å². The Morgan fingerprint density at radius 1 is 1.35 bits per heavy atom. The lowest BCUT2D eigenvalue weighted by molar-refractivity contribution is 0.0826. The summed E-state index contributed by atoms with van der Waals surface area (Å²) in [6.45, 7) is 0.407. The zero-order valence-electron chi connectivity index (χ0n) is 10.5. The molecule has 1 rings (SSSR count). The van der Waals surface area contributed by atoms with Crippen molar-refractivity contribution >= 4 is 5.78 Å². The molecule has 4 nitrogen and oxygen atoms in total. The van der Waals surface area contributed by atoms with E-state index in [4.69, 9.17) is 4.74 Å². The van der Waals surface area contributed by atoms with Gasteiger partial charge in [0.25, 0.3) is 0 Å². The molecule has 0 heterocycles. The molecule has 1 N–H and O–H groups in total. The van der Waals surface area contributed by atoms with Gasteiger partial charge in [-0.2, -0.15) is 0 Å². The van der Waals surface area contributed by atoms with Crippen molar-refractivity contribution in [3.05, 3.63) is 29.8 Å². The van der Waals surface area contributed by atoms with Gasteiger partial charge in [0.05, 0.1) is 19.6 Å². The minimum Gasteiger partial charge on any atom is -0.497 e. The van der Waals surface area contributed by atoms with E-state index in [0.29, 0.717) is 12.1 Å². The van der Waals surface area contributed by atoms with Crippen LogP contribution in [0, 0.1) is 5.92 Å². The summed E-state index contributed by atoms with van der Waals surface area (Å²) in [5, 5.41) is 9.24. The number of carbonyl (C=O) groups is 1. The summed E-state index contributed by atoms with van der Waals surface area (Å²) >= 11 is 0. The third-order valence-electron chi connectivity index (χ3n) is 2.55. The molecule has 1 atom stereocenters. The van der Waals surface area contributed by atoms with Gasteiger partial charge in [-0.05, 0) is 38.4 Å². The second-order valence-corrected chi connectivity index (χ2v) is 4.23. The van der Waals surface area contributed by atoms with Crippen LogP contribution in [-0.4, -0.2) is 50.1 Å². The first-order valence-electron chi connectivity index (χ1n) is 5.52. The average molecular weight is 237 g/mol. The number of methoxy groups -OCH3 is 1. The van der Waals surface area contributed by atoms with Gasteiger partial charge >= 0.3 is 0 Å². The van der Waals surface area contributed by atoms with E-state index >= 15 is 0 Å². The smallest absolute Gasteiger partial charge is 0.169 e. The Hall–Kier alpha value is -1.39. The van der Waals surface area contributed by atoms with Crippen LogP contribution < -0.4 is 4.74 Å². The number of hydrogen-bond acceptors (Lipinski definition) is 4. The molecule has 0 saturated carbocycles. The van der Waals surface area contributed by atoms with Gasteiger partial charge in [0, 0.05) is 12.1 Å². The predicted octanol–water partition coefficient (Wildman–Crippen LogP) is 1.05. The lowest BCUT2D eigenvalue weighted by atomic mass is 9.98. The van der Waals surface area contributed by atoms with Crippen LogP contribution in [0.2, 0.25) is 0 Å². The van der Waals surface area contributed by atoms with Crippen molar-refractivity contribution in [2.24, 2.45) is 5.92 Å². The van der Waals surface area contributed by atoms with Gasteiger partial charge in [0.1, 0.15) is 5.75 Å². The van der Waals surface area contributed by atoms with Gasteiger partial charge < -0.3 is 14.7 Å². The summed E-state index contributed by atoms with van der Waals surface area (Å²) < 4.78 is 5.03. The summed E-state index contributed by atoms with van der Waals surface area (Å²) in [5.41, 5.74) is 0.603. The molecule has 1 aromatic rings. The summed E-state index contributed by atoms with van der Waals surface area (Å²) in [6, 6.07) is 6.94. The monoisotopic (exact) mass is 237 g/mol. The normalized spacial score (nSPS) is 12.5. The Balaban J connectivity index is 2.78. The maximum absolute atomic E-state index is 12.1. The molecule has 4 heteroatoms. The van der Waals surface area contributed by atoms with Gasteiger partial charge in [0.15, 0.2) is 5.78 Å². The molecule has 0 amide bonds. The fourth-order valence-electron chi connectivity index (χ4n) is 1.66. The van der Waals surface area contributed by atoms with Crippen molar-refractivity contribution in [1.82, 2.24) is 4.90 Å². The Bertz CT molecular complexity index is 359. The molecule has 0 bridgehead atoms. The lowest BCUT2D eigenvalue weighted by Crippen LogP contribution is -2.30. The fourth-order valence-corrected chi connectivity index (χ4v) is 1.66. The summed E-state index contributed by atoms with van der Waals surface area (Å²) in [4.78, 5) is 14.0. The van der Waals surface area contributed by atoms with Gasteiger partial charge in [-0.25, -0.2) is 0 Å². The number of ketones is 1. The van der Waals surface area contributed by atoms with E-state index in [1.165, 1.54) is 0 Å². The third kappa shape index (κ3) is 3.84. The predicted molar refractivity (Wildman–Crippen MR) is 66.5 cm³/mol. The maximum atomic E-state index is 12.1. The molecule has 17 heavy (non-hydrogen) atoms. The minimum atomic E-state index is -0.376. The van der Waals surface area contributed by atoms with Crippen LogP contribution in [0.25, 0.3) is 0 Å². The van der Waals surface area contributed by atoms with E-state index in [1.807, 2.05) is 19.0 Å². The summed E-state index contributed by atoms with van der Waals surface area (Å²) in [6.07, 6.45) is 0. The van der Waals surface area contributed by atoms with Crippen molar-refractivity contribution in [2.75, 3.05) is 34.4 Å². The number of carbonyl (C=O) groups excluding carboxylic acids is 1. The number of ether oxygens (including phenoxy) is 1. The standard InChI is InChI=1S/C13H19NO3/c1-14(2)8-11(9-15)13(16)10-4-6-12(17-3)7-5-10/h4-7,11,15H,8-9H2,1-3H3. The van der Waals surface area contributed by atoms with E-state index in [1.54, 1.807) is 31.4 Å². The van der Waals surface area contributed by atoms with Gasteiger partial charge in [0.2, 0.25) is 0 Å². The first-order valence-corrected chi connectivity index (χ1v) is 5.52. The SMILES string of the molecule is COc1ccc(C(=O)C(CO)CN(C)C)cc1. The molecule has 1 aromatic carbocycles. The van der Waals surface area contributed by atoms with Crippen molar-refractivity contribution in [3.63, 3.8) is 0 Å². The van der Waals surface area contributed by atoms with Crippen molar-refractivity contribution < 1.29 is 14.6 Å². The Kier molecular flexibility index (Phi) is 5.12. The van der Waals surface area contributed by atoms with E-state index in [2.05, 4.69) is 0 Å². The zero-order valence-corrected chi connectivity index (χ0v) is 10.5. The lowest BCUT2D eigenvalue weighted by Gasteiger charge is -2.17. The quantitative estimate of drug-likeness (QED) is 0.751. The highest BCUT2D eigenvalue weighted by Crippen LogP contribution is 2.15. The fraction of sp³-hybridized carbons (Fsp3) is 0.462. The molecule has 0 radical (unpaired) electrons. The number of benzene rings is 1. The van der Waals surface area contributed by atoms with Crippen LogP contribution in [0.4, 0.5) is 0 Å². The number of aliphatic hydroxyl groups excluding tert-OH is 1. The van der Waals surface area contributed by atoms with Gasteiger partial charge in [-0.15, -0.1) is 0 Å². The molecule has 0 aliphatic carbocycles. The van der Waals surface area contributed by atoms with Crippen LogP contribution in [0.5, 0.6) is 5.75 Å². The highest BCUT2D eigenvalue weighted by molar-refractivity contribution is 5.98. The molecule has 1 unspecified atom stereocenters. The maximum Gasteiger partial charge on any atom is 0.169 e. The topological polar surface area (TPSA) is 49.8 Å². The van der Waals surface area contributed by atoms with Crippen LogP contribution in [0.1, 0.15) is 10.4 Å². The number of aliphatic hydroxyl groups is 1. The molecule has 94 valence electrons. The van der Waals surface area contributed by atoms with Crippen molar-refractivity contribution in [2.45, 2.75) is 0 Å². The van der Waals surface area contributed by atoms with Crippen LogP contribution >= 0.6 is 0 Å². The highest BCUT2D eigenvalue weighted by Gasteiger charge is 2.19. The number of Topliss-reactive ketones (excluding diaryl/α,β-unsaturated/α-hetero) is 1. The average Bonchev–Trinajstić information content (AvgIpc) is 2.35. The molecular weight excluding hydrogens is 218 g/mol. The van der Waals surface area contributed by atoms with E-state index in [0.717, 1.165) is 5.75 Å². The largest absolute Gasteiger partial charge is 0.497 e. The molecule has 0 spiro atoms. The van der Waals surface area contributed by atoms with Crippen LogP contribution in [-0.2, 0) is 0 Å². The van der Waals surface area contributed by atoms with E-state index in [-0.39, 0.29) is 18.3 Å². The third-order valence-corrected chi connectivity index (χ3v) is 2.55. The zero-order chi connectivity index (χ0) is 12.8. The van der Waals surface area contributed by atoms with Crippen molar-refractivity contribution in [3.8, 4) is 5.75 Å². The van der Waals surface area contributed by atoms with E-state index in [9.17, 15) is 9.90 Å². The Labute approximate surface area is 102 Å². The second kappa shape index (κ2) is 6.37. The molecule has 0 aliphatic rings. The first-order chi connectivity index (χ1) is 8.08. The Morgan fingerprint density at radius 3 is 2.35 bits per heavy atom. The number of hydrogen-bond donors (Lipinski definition) is 1. The molecule has 0 aliphatic heterocycles. The number of rotatable bonds is 6. The van der Waals surface area contributed by atoms with Gasteiger partial charge in [-0.1, -0.05) is 0 Å². The molecule has 0 fully saturated rings. The highest BCUT2D eigenvalue weighted by atomic mass is 16.5. The molecular formula is C13H19NO3. The molecule has 0 saturated heterocycles. The first kappa shape index (κ1) is 13.7. The van der Waals surface area contributed by atoms with Crippen LogP contribution in [0.15, 0.2) is 24.3 Å². The summed E-state index contributed by atoms with van der Waals surface area (Å²) in [5.74, 6) is 0.303.